The summed E-state index contributed by atoms with van der Waals surface area (Å²) in [7, 11) is 1.78. The number of aryl methyl sites for hydroxylation is 2. The molecule has 0 fully saturated rings. The average Bonchev–Trinajstić information content (AvgIpc) is 2.75. The quantitative estimate of drug-likeness (QED) is 0.794. The van der Waals surface area contributed by atoms with Gasteiger partial charge in [-0.3, -0.25) is 4.68 Å². The van der Waals surface area contributed by atoms with Gasteiger partial charge in [0.2, 0.25) is 0 Å². The van der Waals surface area contributed by atoms with E-state index in [2.05, 4.69) is 11.2 Å². The molecule has 1 aromatic carbocycles. The van der Waals surface area contributed by atoms with E-state index >= 15 is 0 Å². The predicted molar refractivity (Wildman–Crippen MR) is 62.7 cm³/mol. The van der Waals surface area contributed by atoms with Crippen LogP contribution in [0.15, 0.2) is 24.5 Å². The summed E-state index contributed by atoms with van der Waals surface area (Å²) in [6, 6.07) is 5.12. The minimum absolute atomic E-state index is 0.273. The van der Waals surface area contributed by atoms with Crippen LogP contribution in [0.5, 0.6) is 0 Å². The van der Waals surface area contributed by atoms with Crippen LogP contribution in [0.1, 0.15) is 18.1 Å². The number of nitriles is 1. The summed E-state index contributed by atoms with van der Waals surface area (Å²) in [6.45, 7) is 1.86. The second kappa shape index (κ2) is 4.38. The van der Waals surface area contributed by atoms with Crippen molar-refractivity contribution < 1.29 is 4.39 Å². The molecular weight excluding hydrogens is 217 g/mol. The zero-order valence-electron chi connectivity index (χ0n) is 9.74. The Morgan fingerprint density at radius 2 is 2.24 bits per heavy atom. The number of aromatic nitrogens is 2. The second-order valence-electron chi connectivity index (χ2n) is 3.86. The first kappa shape index (κ1) is 11.3. The Hall–Kier alpha value is -2.15. The van der Waals surface area contributed by atoms with Crippen LogP contribution in [0.25, 0.3) is 11.1 Å². The van der Waals surface area contributed by atoms with Crippen LogP contribution in [0.2, 0.25) is 0 Å². The van der Waals surface area contributed by atoms with Gasteiger partial charge in [0.05, 0.1) is 17.8 Å². The lowest BCUT2D eigenvalue weighted by molar-refractivity contribution is 0.612. The molecule has 0 radical (unpaired) electrons. The fourth-order valence-electron chi connectivity index (χ4n) is 1.78. The summed E-state index contributed by atoms with van der Waals surface area (Å²) in [6.07, 6.45) is 3.97. The zero-order chi connectivity index (χ0) is 12.4. The molecule has 0 aliphatic carbocycles. The molecule has 17 heavy (non-hydrogen) atoms. The van der Waals surface area contributed by atoms with Gasteiger partial charge in [0, 0.05) is 24.4 Å². The third-order valence-electron chi connectivity index (χ3n) is 2.70. The fraction of sp³-hybridized carbons (Fsp3) is 0.231. The van der Waals surface area contributed by atoms with Gasteiger partial charge in [-0.1, -0.05) is 6.92 Å². The van der Waals surface area contributed by atoms with Crippen LogP contribution in [-0.4, -0.2) is 9.78 Å². The Bertz CT molecular complexity index is 593. The Kier molecular flexibility index (Phi) is 2.92. The van der Waals surface area contributed by atoms with E-state index < -0.39 is 0 Å². The largest absolute Gasteiger partial charge is 0.275 e. The summed E-state index contributed by atoms with van der Waals surface area (Å²) < 4.78 is 15.3. The van der Waals surface area contributed by atoms with E-state index in [1.54, 1.807) is 30.2 Å². The molecule has 0 spiro atoms. The maximum atomic E-state index is 13.7. The molecule has 0 unspecified atom stereocenters. The number of nitrogens with zero attached hydrogens (tertiary/aromatic N) is 3. The highest BCUT2D eigenvalue weighted by atomic mass is 19.1. The SMILES string of the molecule is CCc1cc(C#N)c(-c2cnn(C)c2)cc1F. The number of halogens is 1. The molecule has 0 amide bonds. The zero-order valence-corrected chi connectivity index (χ0v) is 9.74. The van der Waals surface area contributed by atoms with Crippen molar-refractivity contribution in [1.82, 2.24) is 9.78 Å². The molecule has 0 atom stereocenters. The smallest absolute Gasteiger partial charge is 0.127 e. The molecule has 0 saturated carbocycles. The third-order valence-corrected chi connectivity index (χ3v) is 2.70. The van der Waals surface area contributed by atoms with Crippen LogP contribution in [0.4, 0.5) is 4.39 Å². The lowest BCUT2D eigenvalue weighted by Crippen LogP contribution is -1.93. The van der Waals surface area contributed by atoms with E-state index in [9.17, 15) is 4.39 Å². The van der Waals surface area contributed by atoms with Crippen LogP contribution < -0.4 is 0 Å². The maximum absolute atomic E-state index is 13.7. The number of rotatable bonds is 2. The van der Waals surface area contributed by atoms with Gasteiger partial charge in [0.1, 0.15) is 5.82 Å². The van der Waals surface area contributed by atoms with Crippen LogP contribution in [-0.2, 0) is 13.5 Å². The molecule has 86 valence electrons. The third kappa shape index (κ3) is 2.04. The first-order chi connectivity index (χ1) is 8.15. The maximum Gasteiger partial charge on any atom is 0.127 e. The van der Waals surface area contributed by atoms with E-state index in [4.69, 9.17) is 5.26 Å². The Morgan fingerprint density at radius 1 is 1.47 bits per heavy atom. The normalized spacial score (nSPS) is 10.2. The molecule has 2 aromatic rings. The van der Waals surface area contributed by atoms with E-state index in [1.807, 2.05) is 6.92 Å². The lowest BCUT2D eigenvalue weighted by Gasteiger charge is -2.05. The van der Waals surface area contributed by atoms with E-state index in [1.165, 1.54) is 6.07 Å². The van der Waals surface area contributed by atoms with E-state index in [0.29, 0.717) is 23.1 Å². The molecule has 1 heterocycles. The van der Waals surface area contributed by atoms with Gasteiger partial charge in [-0.15, -0.1) is 0 Å². The molecule has 0 aliphatic rings. The van der Waals surface area contributed by atoms with Crippen molar-refractivity contribution in [3.63, 3.8) is 0 Å². The molecule has 4 heteroatoms. The van der Waals surface area contributed by atoms with Crippen molar-refractivity contribution in [3.8, 4) is 17.2 Å². The number of hydrogen-bond donors (Lipinski definition) is 0. The Labute approximate surface area is 99.1 Å². The second-order valence-corrected chi connectivity index (χ2v) is 3.86. The molecule has 2 rings (SSSR count). The monoisotopic (exact) mass is 229 g/mol. The van der Waals surface area contributed by atoms with Crippen molar-refractivity contribution >= 4 is 0 Å². The predicted octanol–water partition coefficient (Wildman–Crippen LogP) is 2.66. The molecule has 1 aromatic heterocycles. The van der Waals surface area contributed by atoms with Crippen molar-refractivity contribution in [1.29, 1.82) is 5.26 Å². The first-order valence-corrected chi connectivity index (χ1v) is 5.37. The molecular formula is C13H12FN3. The highest BCUT2D eigenvalue weighted by molar-refractivity contribution is 5.70. The van der Waals surface area contributed by atoms with Crippen LogP contribution in [0, 0.1) is 17.1 Å². The van der Waals surface area contributed by atoms with Gasteiger partial charge in [0.25, 0.3) is 0 Å². The molecule has 3 nitrogen and oxygen atoms in total. The first-order valence-electron chi connectivity index (χ1n) is 5.37. The van der Waals surface area contributed by atoms with E-state index in [0.717, 1.165) is 5.56 Å². The number of hydrogen-bond acceptors (Lipinski definition) is 2. The van der Waals surface area contributed by atoms with E-state index in [-0.39, 0.29) is 5.82 Å². The molecule has 0 aliphatic heterocycles. The van der Waals surface area contributed by atoms with Gasteiger partial charge < -0.3 is 0 Å². The fourth-order valence-corrected chi connectivity index (χ4v) is 1.78. The summed E-state index contributed by atoms with van der Waals surface area (Å²) in [4.78, 5) is 0. The number of benzene rings is 1. The summed E-state index contributed by atoms with van der Waals surface area (Å²) in [5.41, 5.74) is 2.39. The minimum atomic E-state index is -0.273. The van der Waals surface area contributed by atoms with Gasteiger partial charge >= 0.3 is 0 Å². The topological polar surface area (TPSA) is 41.6 Å². The average molecular weight is 229 g/mol. The highest BCUT2D eigenvalue weighted by Crippen LogP contribution is 2.26. The minimum Gasteiger partial charge on any atom is -0.275 e. The van der Waals surface area contributed by atoms with Crippen LogP contribution >= 0.6 is 0 Å². The van der Waals surface area contributed by atoms with Gasteiger partial charge in [-0.2, -0.15) is 10.4 Å². The van der Waals surface area contributed by atoms with Gasteiger partial charge in [-0.25, -0.2) is 4.39 Å². The molecule has 0 bridgehead atoms. The van der Waals surface area contributed by atoms with Gasteiger partial charge in [-0.05, 0) is 24.1 Å². The van der Waals surface area contributed by atoms with Crippen molar-refractivity contribution in [3.05, 3.63) is 41.5 Å². The Morgan fingerprint density at radius 3 is 2.76 bits per heavy atom. The lowest BCUT2D eigenvalue weighted by atomic mass is 9.99. The van der Waals surface area contributed by atoms with Crippen molar-refractivity contribution in [2.45, 2.75) is 13.3 Å². The summed E-state index contributed by atoms with van der Waals surface area (Å²) >= 11 is 0. The summed E-state index contributed by atoms with van der Waals surface area (Å²) in [5.74, 6) is -0.273. The van der Waals surface area contributed by atoms with Crippen LogP contribution in [0.3, 0.4) is 0 Å². The van der Waals surface area contributed by atoms with Crippen molar-refractivity contribution in [2.75, 3.05) is 0 Å². The molecule has 0 N–H and O–H groups in total. The molecule has 0 saturated heterocycles. The van der Waals surface area contributed by atoms with Gasteiger partial charge in [0.15, 0.2) is 0 Å². The Balaban J connectivity index is 2.62. The summed E-state index contributed by atoms with van der Waals surface area (Å²) in [5, 5.41) is 13.1. The van der Waals surface area contributed by atoms with Crippen molar-refractivity contribution in [2.24, 2.45) is 7.05 Å². The standard InChI is InChI=1S/C13H12FN3/c1-3-9-4-10(6-15)12(5-13(9)14)11-7-16-17(2)8-11/h4-5,7-8H,3H2,1-2H3. The highest BCUT2D eigenvalue weighted by Gasteiger charge is 2.11.